The van der Waals surface area contributed by atoms with Crippen molar-refractivity contribution in [2.45, 2.75) is 64.7 Å². The molecule has 0 bridgehead atoms. The Morgan fingerprint density at radius 3 is 2.39 bits per heavy atom. The summed E-state index contributed by atoms with van der Waals surface area (Å²) in [5.74, 6) is 0.163. The molecule has 1 fully saturated rings. The maximum Gasteiger partial charge on any atom is 0.335 e. The van der Waals surface area contributed by atoms with Gasteiger partial charge in [-0.2, -0.15) is 0 Å². The highest BCUT2D eigenvalue weighted by Gasteiger charge is 2.41. The minimum Gasteiger partial charge on any atom is -0.478 e. The smallest absolute Gasteiger partial charge is 0.335 e. The number of halogens is 1. The summed E-state index contributed by atoms with van der Waals surface area (Å²) in [6, 6.07) is 12.7. The SMILES string of the molecule is COCCC1=CN(c2ccc(C(=O)O)cc2)C(=O)C[C@@]1(C)c1ccc(C2CC(C(C)(C)C)C2)c(Cl)c1. The number of carboxylic acid groups (broad SMARTS) is 1. The van der Waals surface area contributed by atoms with Crippen LogP contribution in [-0.2, 0) is 14.9 Å². The number of hydrogen-bond donors (Lipinski definition) is 1. The van der Waals surface area contributed by atoms with E-state index in [4.69, 9.17) is 16.3 Å². The molecule has 0 spiro atoms. The highest BCUT2D eigenvalue weighted by atomic mass is 35.5. The Kier molecular flexibility index (Phi) is 7.36. The average molecular weight is 510 g/mol. The van der Waals surface area contributed by atoms with Gasteiger partial charge in [0.2, 0.25) is 5.91 Å². The van der Waals surface area contributed by atoms with Gasteiger partial charge in [0.25, 0.3) is 0 Å². The van der Waals surface area contributed by atoms with Gasteiger partial charge in [0.05, 0.1) is 5.56 Å². The highest BCUT2D eigenvalue weighted by molar-refractivity contribution is 6.31. The quantitative estimate of drug-likeness (QED) is 0.428. The molecule has 1 aliphatic carbocycles. The van der Waals surface area contributed by atoms with E-state index in [0.29, 0.717) is 36.0 Å². The fourth-order valence-corrected chi connectivity index (χ4v) is 5.81. The first kappa shape index (κ1) is 26.4. The molecule has 2 aliphatic rings. The van der Waals surface area contributed by atoms with E-state index in [0.717, 1.165) is 29.0 Å². The van der Waals surface area contributed by atoms with E-state index in [1.54, 1.807) is 24.1 Å². The highest BCUT2D eigenvalue weighted by Crippen LogP contribution is 2.52. The first-order valence-corrected chi connectivity index (χ1v) is 13.0. The molecule has 1 heterocycles. The van der Waals surface area contributed by atoms with Crippen molar-refractivity contribution in [3.63, 3.8) is 0 Å². The molecular formula is C30H36ClNO4. The van der Waals surface area contributed by atoms with Gasteiger partial charge in [-0.15, -0.1) is 0 Å². The van der Waals surface area contributed by atoms with Crippen molar-refractivity contribution < 1.29 is 19.4 Å². The number of nitrogens with zero attached hydrogens (tertiary/aromatic N) is 1. The average Bonchev–Trinajstić information content (AvgIpc) is 2.77. The van der Waals surface area contributed by atoms with E-state index in [2.05, 4.69) is 39.8 Å². The van der Waals surface area contributed by atoms with Crippen LogP contribution in [0.1, 0.15) is 80.8 Å². The molecule has 0 radical (unpaired) electrons. The summed E-state index contributed by atoms with van der Waals surface area (Å²) >= 11 is 6.85. The first-order chi connectivity index (χ1) is 16.9. The molecular weight excluding hydrogens is 474 g/mol. The number of rotatable bonds is 7. The van der Waals surface area contributed by atoms with Crippen molar-refractivity contribution in [2.75, 3.05) is 18.6 Å². The van der Waals surface area contributed by atoms with E-state index < -0.39 is 11.4 Å². The maximum absolute atomic E-state index is 13.4. The predicted molar refractivity (Wildman–Crippen MR) is 144 cm³/mol. The van der Waals surface area contributed by atoms with Crippen LogP contribution in [0.4, 0.5) is 5.69 Å². The van der Waals surface area contributed by atoms with Crippen LogP contribution in [0.25, 0.3) is 0 Å². The molecule has 0 saturated heterocycles. The molecule has 6 heteroatoms. The molecule has 36 heavy (non-hydrogen) atoms. The van der Waals surface area contributed by atoms with Gasteiger partial charge in [-0.25, -0.2) is 4.79 Å². The number of amides is 1. The monoisotopic (exact) mass is 509 g/mol. The number of methoxy groups -OCH3 is 1. The van der Waals surface area contributed by atoms with E-state index in [9.17, 15) is 14.7 Å². The molecule has 2 aromatic carbocycles. The van der Waals surface area contributed by atoms with Crippen LogP contribution in [0, 0.1) is 11.3 Å². The number of carboxylic acids is 1. The molecule has 1 saturated carbocycles. The summed E-state index contributed by atoms with van der Waals surface area (Å²) in [5, 5.41) is 9.97. The fraction of sp³-hybridized carbons (Fsp3) is 0.467. The summed E-state index contributed by atoms with van der Waals surface area (Å²) < 4.78 is 5.38. The van der Waals surface area contributed by atoms with Gasteiger partial charge in [-0.1, -0.05) is 51.4 Å². The molecule has 4 rings (SSSR count). The van der Waals surface area contributed by atoms with Crippen molar-refractivity contribution in [1.29, 1.82) is 0 Å². The van der Waals surface area contributed by atoms with Gasteiger partial charge in [-0.05, 0) is 83.5 Å². The van der Waals surface area contributed by atoms with E-state index in [-0.39, 0.29) is 17.9 Å². The second kappa shape index (κ2) is 10.0. The number of hydrogen-bond acceptors (Lipinski definition) is 3. The van der Waals surface area contributed by atoms with Crippen molar-refractivity contribution >= 4 is 29.2 Å². The summed E-state index contributed by atoms with van der Waals surface area (Å²) in [6.45, 7) is 9.54. The summed E-state index contributed by atoms with van der Waals surface area (Å²) in [5.41, 5.74) is 3.95. The number of anilines is 1. The van der Waals surface area contributed by atoms with E-state index in [1.807, 2.05) is 12.3 Å². The van der Waals surface area contributed by atoms with Crippen LogP contribution < -0.4 is 4.90 Å². The Hall–Kier alpha value is -2.63. The van der Waals surface area contributed by atoms with Crippen molar-refractivity contribution in [1.82, 2.24) is 0 Å². The summed E-state index contributed by atoms with van der Waals surface area (Å²) in [4.78, 5) is 26.2. The van der Waals surface area contributed by atoms with Crippen molar-refractivity contribution in [2.24, 2.45) is 11.3 Å². The molecule has 2 aromatic rings. The van der Waals surface area contributed by atoms with E-state index in [1.165, 1.54) is 17.7 Å². The zero-order chi connectivity index (χ0) is 26.3. The zero-order valence-corrected chi connectivity index (χ0v) is 22.6. The number of aromatic carboxylic acids is 1. The standard InChI is InChI=1S/C30H36ClNO4/c1-29(2,3)23-14-20(15-23)25-11-8-21(16-26(25)31)30(4)17-27(33)32(18-22(30)12-13-36-5)24-9-6-19(7-10-24)28(34)35/h6-11,16,18,20,23H,12-15,17H2,1-5H3,(H,34,35)/t20?,23?,30-/m0/s1. The number of ether oxygens (including phenoxy) is 1. The lowest BCUT2D eigenvalue weighted by Gasteiger charge is -2.44. The third kappa shape index (κ3) is 5.09. The molecule has 0 aromatic heterocycles. The van der Waals surface area contributed by atoms with Gasteiger partial charge < -0.3 is 9.84 Å². The molecule has 1 aliphatic heterocycles. The Bertz CT molecular complexity index is 1170. The number of benzene rings is 2. The molecule has 1 amide bonds. The largest absolute Gasteiger partial charge is 0.478 e. The third-order valence-electron chi connectivity index (χ3n) is 8.18. The Labute approximate surface area is 219 Å². The first-order valence-electron chi connectivity index (χ1n) is 12.6. The zero-order valence-electron chi connectivity index (χ0n) is 21.8. The fourth-order valence-electron chi connectivity index (χ4n) is 5.47. The Balaban J connectivity index is 1.63. The van der Waals surface area contributed by atoms with E-state index >= 15 is 0 Å². The predicted octanol–water partition coefficient (Wildman–Crippen LogP) is 7.19. The molecule has 0 unspecified atom stereocenters. The van der Waals surface area contributed by atoms with Gasteiger partial charge in [0.15, 0.2) is 0 Å². The van der Waals surface area contributed by atoms with Crippen LogP contribution in [0.15, 0.2) is 54.2 Å². The topological polar surface area (TPSA) is 66.8 Å². The summed E-state index contributed by atoms with van der Waals surface area (Å²) in [6.07, 6.45) is 5.16. The van der Waals surface area contributed by atoms with Gasteiger partial charge in [-0.3, -0.25) is 9.69 Å². The molecule has 192 valence electrons. The van der Waals surface area contributed by atoms with Gasteiger partial charge in [0, 0.05) is 42.5 Å². The molecule has 5 nitrogen and oxygen atoms in total. The summed E-state index contributed by atoms with van der Waals surface area (Å²) in [7, 11) is 1.67. The lowest BCUT2D eigenvalue weighted by Crippen LogP contribution is -2.41. The minimum absolute atomic E-state index is 0.0473. The van der Waals surface area contributed by atoms with Gasteiger partial charge in [0.1, 0.15) is 0 Å². The maximum atomic E-state index is 13.4. The van der Waals surface area contributed by atoms with Crippen molar-refractivity contribution in [3.8, 4) is 0 Å². The normalized spacial score (nSPS) is 24.3. The van der Waals surface area contributed by atoms with Crippen LogP contribution >= 0.6 is 11.6 Å². The van der Waals surface area contributed by atoms with Crippen LogP contribution in [0.5, 0.6) is 0 Å². The minimum atomic E-state index is -0.994. The van der Waals surface area contributed by atoms with Crippen LogP contribution in [0.2, 0.25) is 5.02 Å². The second-order valence-corrected chi connectivity index (χ2v) is 11.9. The lowest BCUT2D eigenvalue weighted by molar-refractivity contribution is -0.119. The van der Waals surface area contributed by atoms with Gasteiger partial charge >= 0.3 is 5.97 Å². The molecule has 1 N–H and O–H groups in total. The Morgan fingerprint density at radius 1 is 1.17 bits per heavy atom. The van der Waals surface area contributed by atoms with Crippen LogP contribution in [-0.4, -0.2) is 30.7 Å². The number of carbonyl (C=O) groups excluding carboxylic acids is 1. The Morgan fingerprint density at radius 2 is 1.83 bits per heavy atom. The number of carbonyl (C=O) groups is 2. The van der Waals surface area contributed by atoms with Crippen LogP contribution in [0.3, 0.4) is 0 Å². The third-order valence-corrected chi connectivity index (χ3v) is 8.50. The lowest BCUT2D eigenvalue weighted by atomic mass is 9.61. The van der Waals surface area contributed by atoms with Crippen molar-refractivity contribution in [3.05, 3.63) is 76.0 Å². The molecule has 1 atom stereocenters. The second-order valence-electron chi connectivity index (χ2n) is 11.5.